The van der Waals surface area contributed by atoms with Crippen molar-refractivity contribution in [3.8, 4) is 5.75 Å². The summed E-state index contributed by atoms with van der Waals surface area (Å²) in [6.07, 6.45) is 2.31. The Morgan fingerprint density at radius 3 is 3.04 bits per heavy atom. The zero-order valence-electron chi connectivity index (χ0n) is 13.4. The Balaban J connectivity index is 1.80. The Morgan fingerprint density at radius 2 is 2.30 bits per heavy atom. The summed E-state index contributed by atoms with van der Waals surface area (Å²) in [7, 11) is 4.03. The van der Waals surface area contributed by atoms with Gasteiger partial charge < -0.3 is 20.7 Å². The van der Waals surface area contributed by atoms with Gasteiger partial charge in [-0.25, -0.2) is 4.68 Å². The number of nitrogens with two attached hydrogens (primary N) is 1. The molecular weight excluding hydrogens is 294 g/mol. The van der Waals surface area contributed by atoms with Crippen molar-refractivity contribution in [2.75, 3.05) is 32.6 Å². The number of aryl methyl sites for hydroxylation is 2. The molecule has 122 valence electrons. The number of hydrogen-bond acceptors (Lipinski definition) is 5. The number of amides is 1. The quantitative estimate of drug-likeness (QED) is 0.866. The van der Waals surface area contributed by atoms with E-state index in [0.29, 0.717) is 24.5 Å². The van der Waals surface area contributed by atoms with Gasteiger partial charge in [-0.05, 0) is 44.3 Å². The number of ether oxygens (including phenoxy) is 1. The fraction of sp³-hybridized carbons (Fsp3) is 0.375. The van der Waals surface area contributed by atoms with Gasteiger partial charge in [-0.2, -0.15) is 5.10 Å². The molecule has 2 aromatic rings. The molecule has 3 N–H and O–H groups in total. The largest absolute Gasteiger partial charge is 0.492 e. The molecule has 1 amide bonds. The Bertz CT molecular complexity index is 723. The highest BCUT2D eigenvalue weighted by Crippen LogP contribution is 2.30. The number of rotatable bonds is 5. The zero-order chi connectivity index (χ0) is 16.4. The van der Waals surface area contributed by atoms with E-state index in [9.17, 15) is 4.79 Å². The number of nitrogens with one attached hydrogen (secondary N) is 1. The minimum atomic E-state index is -0.481. The van der Waals surface area contributed by atoms with E-state index in [1.807, 2.05) is 32.3 Å². The number of likely N-dealkylation sites (N-methyl/N-ethyl adjacent to an activating group) is 1. The number of carbonyl (C=O) groups excluding carboxylic acids is 1. The molecule has 0 saturated carbocycles. The molecule has 7 nitrogen and oxygen atoms in total. The van der Waals surface area contributed by atoms with Crippen molar-refractivity contribution in [1.82, 2.24) is 14.7 Å². The van der Waals surface area contributed by atoms with Gasteiger partial charge in [0.05, 0.1) is 6.20 Å². The summed E-state index contributed by atoms with van der Waals surface area (Å²) in [4.78, 5) is 13.6. The summed E-state index contributed by atoms with van der Waals surface area (Å²) in [5.74, 6) is 1.02. The van der Waals surface area contributed by atoms with E-state index in [0.717, 1.165) is 30.0 Å². The first-order valence-corrected chi connectivity index (χ1v) is 7.57. The van der Waals surface area contributed by atoms with E-state index in [1.54, 1.807) is 4.68 Å². The maximum atomic E-state index is 11.5. The third-order valence-electron chi connectivity index (χ3n) is 3.83. The van der Waals surface area contributed by atoms with Crippen molar-refractivity contribution in [1.29, 1.82) is 0 Å². The number of fused-ring (bicyclic) bond motifs is 2. The number of benzene rings is 1. The molecule has 0 radical (unpaired) electrons. The number of aromatic nitrogens is 2. The minimum absolute atomic E-state index is 0.407. The van der Waals surface area contributed by atoms with Gasteiger partial charge in [0.25, 0.3) is 5.91 Å². The standard InChI is InChI=1S/C16H21N5O2/c1-20(2)7-8-23-12-3-4-14-11(9-12)5-6-21-16(19-14)13(10-18-21)15(17)22/h3-4,9-10,19H,5-8H2,1-2H3,(H2,17,22). The fourth-order valence-corrected chi connectivity index (χ4v) is 2.56. The highest BCUT2D eigenvalue weighted by atomic mass is 16.5. The number of primary amides is 1. The molecule has 0 atom stereocenters. The smallest absolute Gasteiger partial charge is 0.254 e. The molecule has 0 aliphatic carbocycles. The topological polar surface area (TPSA) is 85.4 Å². The van der Waals surface area contributed by atoms with E-state index >= 15 is 0 Å². The number of nitrogens with zero attached hydrogens (tertiary/aromatic N) is 3. The lowest BCUT2D eigenvalue weighted by atomic mass is 10.1. The SMILES string of the molecule is CN(C)CCOc1ccc2c(c1)CCn1ncc(C(N)=O)c1N2. The summed E-state index contributed by atoms with van der Waals surface area (Å²) >= 11 is 0. The fourth-order valence-electron chi connectivity index (χ4n) is 2.56. The van der Waals surface area contributed by atoms with Gasteiger partial charge in [-0.15, -0.1) is 0 Å². The molecule has 3 rings (SSSR count). The molecule has 7 heteroatoms. The van der Waals surface area contributed by atoms with E-state index in [2.05, 4.69) is 15.3 Å². The molecule has 1 aliphatic rings. The van der Waals surface area contributed by atoms with Gasteiger partial charge in [0.15, 0.2) is 0 Å². The van der Waals surface area contributed by atoms with Crippen LogP contribution in [0.1, 0.15) is 15.9 Å². The van der Waals surface area contributed by atoms with Crippen molar-refractivity contribution in [3.05, 3.63) is 35.5 Å². The van der Waals surface area contributed by atoms with E-state index in [-0.39, 0.29) is 0 Å². The first-order chi connectivity index (χ1) is 11.0. The van der Waals surface area contributed by atoms with Crippen LogP contribution in [0.4, 0.5) is 11.5 Å². The molecule has 1 aromatic heterocycles. The van der Waals surface area contributed by atoms with Crippen LogP contribution < -0.4 is 15.8 Å². The van der Waals surface area contributed by atoms with E-state index < -0.39 is 5.91 Å². The van der Waals surface area contributed by atoms with Crippen molar-refractivity contribution in [3.63, 3.8) is 0 Å². The van der Waals surface area contributed by atoms with Crippen LogP contribution in [0.3, 0.4) is 0 Å². The van der Waals surface area contributed by atoms with Crippen molar-refractivity contribution in [2.24, 2.45) is 5.73 Å². The third kappa shape index (κ3) is 3.29. The Morgan fingerprint density at radius 1 is 1.48 bits per heavy atom. The molecule has 0 fully saturated rings. The molecular formula is C16H21N5O2. The van der Waals surface area contributed by atoms with Crippen LogP contribution in [0.5, 0.6) is 5.75 Å². The summed E-state index contributed by atoms with van der Waals surface area (Å²) in [5, 5.41) is 7.50. The Kier molecular flexibility index (Phi) is 4.20. The maximum absolute atomic E-state index is 11.5. The molecule has 0 spiro atoms. The second-order valence-electron chi connectivity index (χ2n) is 5.84. The minimum Gasteiger partial charge on any atom is -0.492 e. The van der Waals surface area contributed by atoms with Gasteiger partial charge >= 0.3 is 0 Å². The van der Waals surface area contributed by atoms with Gasteiger partial charge in [-0.1, -0.05) is 0 Å². The lowest BCUT2D eigenvalue weighted by Crippen LogP contribution is -2.19. The summed E-state index contributed by atoms with van der Waals surface area (Å²) in [6.45, 7) is 2.20. The van der Waals surface area contributed by atoms with Crippen LogP contribution in [0.15, 0.2) is 24.4 Å². The summed E-state index contributed by atoms with van der Waals surface area (Å²) < 4.78 is 7.55. The molecule has 0 saturated heterocycles. The van der Waals surface area contributed by atoms with Crippen molar-refractivity contribution in [2.45, 2.75) is 13.0 Å². The maximum Gasteiger partial charge on any atom is 0.254 e. The molecule has 1 aromatic carbocycles. The molecule has 2 heterocycles. The predicted octanol–water partition coefficient (Wildman–Crippen LogP) is 1.22. The second kappa shape index (κ2) is 6.29. The first-order valence-electron chi connectivity index (χ1n) is 7.57. The molecule has 1 aliphatic heterocycles. The lowest BCUT2D eigenvalue weighted by Gasteiger charge is -2.13. The third-order valence-corrected chi connectivity index (χ3v) is 3.83. The number of hydrogen-bond donors (Lipinski definition) is 2. The average molecular weight is 315 g/mol. The summed E-state index contributed by atoms with van der Waals surface area (Å²) in [6, 6.07) is 5.93. The monoisotopic (exact) mass is 315 g/mol. The van der Waals surface area contributed by atoms with Gasteiger partial charge in [0.2, 0.25) is 0 Å². The Labute approximate surface area is 135 Å². The second-order valence-corrected chi connectivity index (χ2v) is 5.84. The molecule has 23 heavy (non-hydrogen) atoms. The van der Waals surface area contributed by atoms with Gasteiger partial charge in [0, 0.05) is 18.8 Å². The van der Waals surface area contributed by atoms with Crippen LogP contribution in [-0.4, -0.2) is 47.8 Å². The van der Waals surface area contributed by atoms with Crippen LogP contribution in [0, 0.1) is 0 Å². The highest BCUT2D eigenvalue weighted by Gasteiger charge is 2.20. The lowest BCUT2D eigenvalue weighted by molar-refractivity contribution is 0.100. The average Bonchev–Trinajstić information content (AvgIpc) is 2.81. The van der Waals surface area contributed by atoms with Gasteiger partial charge in [0.1, 0.15) is 23.7 Å². The highest BCUT2D eigenvalue weighted by molar-refractivity contribution is 5.98. The molecule has 0 bridgehead atoms. The number of anilines is 2. The first kappa shape index (κ1) is 15.4. The predicted molar refractivity (Wildman–Crippen MR) is 88.2 cm³/mol. The normalized spacial score (nSPS) is 13.0. The van der Waals surface area contributed by atoms with Crippen molar-refractivity contribution < 1.29 is 9.53 Å². The van der Waals surface area contributed by atoms with E-state index in [4.69, 9.17) is 10.5 Å². The van der Waals surface area contributed by atoms with Crippen molar-refractivity contribution >= 4 is 17.4 Å². The van der Waals surface area contributed by atoms with Crippen LogP contribution in [0.25, 0.3) is 0 Å². The number of carbonyl (C=O) groups is 1. The van der Waals surface area contributed by atoms with E-state index in [1.165, 1.54) is 6.20 Å². The van der Waals surface area contributed by atoms with Crippen LogP contribution in [-0.2, 0) is 13.0 Å². The van der Waals surface area contributed by atoms with Crippen LogP contribution >= 0.6 is 0 Å². The zero-order valence-corrected chi connectivity index (χ0v) is 13.4. The van der Waals surface area contributed by atoms with Gasteiger partial charge in [-0.3, -0.25) is 4.79 Å². The Hall–Kier alpha value is -2.54. The summed E-state index contributed by atoms with van der Waals surface area (Å²) in [5.41, 5.74) is 7.89. The van der Waals surface area contributed by atoms with Crippen LogP contribution in [0.2, 0.25) is 0 Å². The molecule has 0 unspecified atom stereocenters.